The van der Waals surface area contributed by atoms with E-state index in [4.69, 9.17) is 5.11 Å². The second-order valence-corrected chi connectivity index (χ2v) is 2.79. The second-order valence-electron chi connectivity index (χ2n) is 1.94. The first-order valence-electron chi connectivity index (χ1n) is 2.87. The molecule has 0 fully saturated rings. The van der Waals surface area contributed by atoms with Crippen LogP contribution in [0, 0.1) is 5.82 Å². The van der Waals surface area contributed by atoms with Gasteiger partial charge in [0.25, 0.3) is 0 Å². The molecule has 11 heavy (non-hydrogen) atoms. The van der Waals surface area contributed by atoms with Crippen molar-refractivity contribution in [2.45, 2.75) is 0 Å². The van der Waals surface area contributed by atoms with Crippen LogP contribution in [-0.4, -0.2) is 12.2 Å². The highest BCUT2D eigenvalue weighted by Crippen LogP contribution is 2.30. The normalized spacial score (nSPS) is 9.73. The Hall–Kier alpha value is -0.770. The molecule has 0 bridgehead atoms. The monoisotopic (exact) mass is 220 g/mol. The maximum absolute atomic E-state index is 12.8. The van der Waals surface area contributed by atoms with Crippen LogP contribution in [0.25, 0.3) is 0 Å². The lowest BCUT2D eigenvalue weighted by Gasteiger charge is -2.02. The summed E-state index contributed by atoms with van der Waals surface area (Å²) in [5.74, 6) is -0.508. The third-order valence-electron chi connectivity index (χ3n) is 1.22. The van der Waals surface area contributed by atoms with Gasteiger partial charge in [-0.25, -0.2) is 4.39 Å². The lowest BCUT2D eigenvalue weighted by Crippen LogP contribution is -1.87. The third-order valence-corrected chi connectivity index (χ3v) is 1.86. The number of halogens is 2. The topological polar surface area (TPSA) is 29.5 Å². The zero-order valence-electron chi connectivity index (χ0n) is 5.77. The average Bonchev–Trinajstić information content (AvgIpc) is 1.97. The van der Waals surface area contributed by atoms with Crippen LogP contribution in [-0.2, 0) is 0 Å². The van der Waals surface area contributed by atoms with E-state index in [1.165, 1.54) is 13.2 Å². The summed E-state index contributed by atoms with van der Waals surface area (Å²) in [6.07, 6.45) is 0. The van der Waals surface area contributed by atoms with E-state index >= 15 is 0 Å². The lowest BCUT2D eigenvalue weighted by molar-refractivity contribution is 0.379. The summed E-state index contributed by atoms with van der Waals surface area (Å²) in [6.45, 7) is 0. The lowest BCUT2D eigenvalue weighted by atomic mass is 10.3. The molecule has 0 unspecified atom stereocenters. The quantitative estimate of drug-likeness (QED) is 0.788. The van der Waals surface area contributed by atoms with E-state index in [2.05, 4.69) is 20.7 Å². The zero-order chi connectivity index (χ0) is 8.43. The molecule has 0 radical (unpaired) electrons. The molecule has 1 rings (SSSR count). The summed E-state index contributed by atoms with van der Waals surface area (Å²) in [6, 6.07) is 2.35. The maximum atomic E-state index is 12.8. The SMILES string of the molecule is COc1cc(O)c(Br)cc1F. The molecule has 0 aliphatic carbocycles. The van der Waals surface area contributed by atoms with Crippen molar-refractivity contribution in [2.75, 3.05) is 7.11 Å². The van der Waals surface area contributed by atoms with E-state index in [1.807, 2.05) is 0 Å². The van der Waals surface area contributed by atoms with Gasteiger partial charge in [0.2, 0.25) is 0 Å². The van der Waals surface area contributed by atoms with Crippen LogP contribution in [0.15, 0.2) is 16.6 Å². The summed E-state index contributed by atoms with van der Waals surface area (Å²) < 4.78 is 17.7. The van der Waals surface area contributed by atoms with Crippen LogP contribution < -0.4 is 4.74 Å². The molecule has 0 heterocycles. The summed E-state index contributed by atoms with van der Waals surface area (Å²) in [4.78, 5) is 0. The fourth-order valence-electron chi connectivity index (χ4n) is 0.675. The number of phenolic OH excluding ortho intramolecular Hbond substituents is 1. The van der Waals surface area contributed by atoms with Gasteiger partial charge in [0, 0.05) is 6.07 Å². The van der Waals surface area contributed by atoms with Crippen molar-refractivity contribution in [2.24, 2.45) is 0 Å². The van der Waals surface area contributed by atoms with Gasteiger partial charge in [-0.3, -0.25) is 0 Å². The van der Waals surface area contributed by atoms with Gasteiger partial charge in [-0.05, 0) is 22.0 Å². The Morgan fingerprint density at radius 2 is 2.18 bits per heavy atom. The molecule has 0 atom stereocenters. The number of hydrogen-bond donors (Lipinski definition) is 1. The number of aromatic hydroxyl groups is 1. The van der Waals surface area contributed by atoms with Crippen molar-refractivity contribution >= 4 is 15.9 Å². The Balaban J connectivity index is 3.21. The van der Waals surface area contributed by atoms with Gasteiger partial charge in [-0.1, -0.05) is 0 Å². The van der Waals surface area contributed by atoms with Crippen molar-refractivity contribution in [1.82, 2.24) is 0 Å². The number of hydrogen-bond acceptors (Lipinski definition) is 2. The van der Waals surface area contributed by atoms with E-state index in [-0.39, 0.29) is 11.5 Å². The number of ether oxygens (including phenoxy) is 1. The Bertz CT molecular complexity index is 275. The minimum absolute atomic E-state index is 0.0331. The minimum atomic E-state index is -0.503. The van der Waals surface area contributed by atoms with Crippen molar-refractivity contribution in [3.63, 3.8) is 0 Å². The van der Waals surface area contributed by atoms with Gasteiger partial charge in [-0.2, -0.15) is 0 Å². The Labute approximate surface area is 71.7 Å². The first-order chi connectivity index (χ1) is 5.15. The van der Waals surface area contributed by atoms with E-state index in [9.17, 15) is 4.39 Å². The molecule has 1 aromatic rings. The van der Waals surface area contributed by atoms with Crippen LogP contribution in [0.2, 0.25) is 0 Å². The molecular weight excluding hydrogens is 215 g/mol. The van der Waals surface area contributed by atoms with Gasteiger partial charge in [-0.15, -0.1) is 0 Å². The third kappa shape index (κ3) is 1.63. The predicted molar refractivity (Wildman–Crippen MR) is 42.3 cm³/mol. The molecule has 0 saturated carbocycles. The fraction of sp³-hybridized carbons (Fsp3) is 0.143. The molecule has 2 nitrogen and oxygen atoms in total. The Morgan fingerprint density at radius 1 is 1.55 bits per heavy atom. The minimum Gasteiger partial charge on any atom is -0.507 e. The van der Waals surface area contributed by atoms with Gasteiger partial charge < -0.3 is 9.84 Å². The van der Waals surface area contributed by atoms with Gasteiger partial charge >= 0.3 is 0 Å². The number of phenols is 1. The van der Waals surface area contributed by atoms with Crippen molar-refractivity contribution < 1.29 is 14.2 Å². The van der Waals surface area contributed by atoms with Gasteiger partial charge in [0.1, 0.15) is 5.75 Å². The average molecular weight is 221 g/mol. The predicted octanol–water partition coefficient (Wildman–Crippen LogP) is 2.30. The highest BCUT2D eigenvalue weighted by molar-refractivity contribution is 9.10. The summed E-state index contributed by atoms with van der Waals surface area (Å²) in [7, 11) is 1.34. The van der Waals surface area contributed by atoms with Crippen LogP contribution in [0.1, 0.15) is 0 Å². The number of rotatable bonds is 1. The molecule has 1 aromatic carbocycles. The summed E-state index contributed by atoms with van der Waals surface area (Å²) in [5.41, 5.74) is 0. The van der Waals surface area contributed by atoms with Crippen molar-refractivity contribution in [3.05, 3.63) is 22.4 Å². The van der Waals surface area contributed by atoms with E-state index in [0.29, 0.717) is 4.47 Å². The molecule has 4 heteroatoms. The van der Waals surface area contributed by atoms with Gasteiger partial charge in [0.15, 0.2) is 11.6 Å². The Morgan fingerprint density at radius 3 is 2.73 bits per heavy atom. The van der Waals surface area contributed by atoms with Crippen LogP contribution >= 0.6 is 15.9 Å². The number of methoxy groups -OCH3 is 1. The van der Waals surface area contributed by atoms with E-state index in [1.54, 1.807) is 0 Å². The van der Waals surface area contributed by atoms with Crippen LogP contribution in [0.3, 0.4) is 0 Å². The first-order valence-corrected chi connectivity index (χ1v) is 3.66. The fourth-order valence-corrected chi connectivity index (χ4v) is 0.990. The van der Waals surface area contributed by atoms with E-state index < -0.39 is 5.82 Å². The summed E-state index contributed by atoms with van der Waals surface area (Å²) >= 11 is 2.96. The molecule has 0 saturated heterocycles. The Kier molecular flexibility index (Phi) is 2.34. The second kappa shape index (κ2) is 3.09. The molecule has 0 aliphatic rings. The highest BCUT2D eigenvalue weighted by Gasteiger charge is 2.06. The van der Waals surface area contributed by atoms with Crippen molar-refractivity contribution in [3.8, 4) is 11.5 Å². The molecule has 1 N–H and O–H groups in total. The molecule has 0 spiro atoms. The largest absolute Gasteiger partial charge is 0.507 e. The standard InChI is InChI=1S/C7H6BrFO2/c1-11-7-3-6(10)4(8)2-5(7)9/h2-3,10H,1H3. The van der Waals surface area contributed by atoms with E-state index in [0.717, 1.165) is 6.07 Å². The molecule has 0 aromatic heterocycles. The van der Waals surface area contributed by atoms with Crippen molar-refractivity contribution in [1.29, 1.82) is 0 Å². The molecule has 60 valence electrons. The first kappa shape index (κ1) is 8.33. The van der Waals surface area contributed by atoms with Gasteiger partial charge in [0.05, 0.1) is 11.6 Å². The zero-order valence-corrected chi connectivity index (χ0v) is 7.35. The smallest absolute Gasteiger partial charge is 0.166 e. The molecule has 0 aliphatic heterocycles. The van der Waals surface area contributed by atoms with Crippen LogP contribution in [0.4, 0.5) is 4.39 Å². The number of benzene rings is 1. The van der Waals surface area contributed by atoms with Crippen LogP contribution in [0.5, 0.6) is 11.5 Å². The molecule has 0 amide bonds. The highest BCUT2D eigenvalue weighted by atomic mass is 79.9. The summed E-state index contributed by atoms with van der Waals surface area (Å²) in [5, 5.41) is 9.06. The molecular formula is C7H6BrFO2. The maximum Gasteiger partial charge on any atom is 0.166 e.